The van der Waals surface area contributed by atoms with Crippen molar-refractivity contribution in [2.24, 2.45) is 0 Å². The van der Waals surface area contributed by atoms with Gasteiger partial charge in [0, 0.05) is 39.5 Å². The van der Waals surface area contributed by atoms with E-state index in [0.717, 1.165) is 25.7 Å². The number of benzene rings is 7. The van der Waals surface area contributed by atoms with E-state index >= 15 is 0 Å². The van der Waals surface area contributed by atoms with Crippen LogP contribution in [0, 0.1) is 0 Å². The van der Waals surface area contributed by atoms with E-state index < -0.39 is 0 Å². The van der Waals surface area contributed by atoms with Gasteiger partial charge in [0.05, 0.1) is 0 Å². The zero-order valence-electron chi connectivity index (χ0n) is 38.2. The van der Waals surface area contributed by atoms with E-state index in [-0.39, 0.29) is 5.41 Å². The van der Waals surface area contributed by atoms with E-state index in [1.54, 1.807) is 0 Å². The van der Waals surface area contributed by atoms with Crippen molar-refractivity contribution in [3.05, 3.63) is 202 Å². The third-order valence-electron chi connectivity index (χ3n) is 15.7. The van der Waals surface area contributed by atoms with Gasteiger partial charge >= 0.3 is 0 Å². The summed E-state index contributed by atoms with van der Waals surface area (Å²) in [4.78, 5) is 5.12. The molecular formula is C62H64N2. The molecule has 2 fully saturated rings. The fraction of sp³-hybridized carbons (Fsp3) is 0.323. The highest BCUT2D eigenvalue weighted by Crippen LogP contribution is 2.51. The minimum Gasteiger partial charge on any atom is -0.310 e. The van der Waals surface area contributed by atoms with Crippen molar-refractivity contribution >= 4 is 34.1 Å². The molecule has 64 heavy (non-hydrogen) atoms. The van der Waals surface area contributed by atoms with E-state index in [1.807, 2.05) is 0 Å². The number of hydrogen-bond donors (Lipinski definition) is 0. The molecule has 2 saturated carbocycles. The van der Waals surface area contributed by atoms with E-state index in [1.165, 1.54) is 160 Å². The van der Waals surface area contributed by atoms with Crippen molar-refractivity contribution in [1.82, 2.24) is 0 Å². The summed E-state index contributed by atoms with van der Waals surface area (Å²) in [5, 5.41) is 0. The average molecular weight is 837 g/mol. The second kappa shape index (κ2) is 17.6. The quantitative estimate of drug-likeness (QED) is 0.141. The third-order valence-corrected chi connectivity index (χ3v) is 15.7. The maximum Gasteiger partial charge on any atom is 0.0496 e. The van der Waals surface area contributed by atoms with Gasteiger partial charge in [0.15, 0.2) is 0 Å². The van der Waals surface area contributed by atoms with E-state index in [9.17, 15) is 0 Å². The Labute approximate surface area is 383 Å². The Kier molecular flexibility index (Phi) is 11.2. The topological polar surface area (TPSA) is 6.48 Å². The van der Waals surface area contributed by atoms with Crippen molar-refractivity contribution in [1.29, 1.82) is 0 Å². The molecule has 7 aromatic carbocycles. The monoisotopic (exact) mass is 837 g/mol. The lowest BCUT2D eigenvalue weighted by atomic mass is 9.82. The standard InChI is InChI=1S/C62H64N2/c1-62(2)58-22-14-13-21-56(58)57-40-39-55(43-59(57)62)64(54-37-33-49(34-38-54)46-15-7-3-4-8-16-46)61-42-45-24-28-50-27-23-44(25-29-51(61)30-26-45)41-60(50)63(52-19-11-6-12-20-52)53-35-31-48(32-36-53)47-17-9-5-10-18-47/h6,11-14,19-23,26-27,30-43,46-47H,3-5,7-10,15-18,24-25,28-29H2,1-2H3. The molecule has 0 N–H and O–H groups in total. The minimum absolute atomic E-state index is 0.0762. The van der Waals surface area contributed by atoms with Crippen molar-refractivity contribution < 1.29 is 0 Å². The fourth-order valence-electron chi connectivity index (χ4n) is 12.0. The summed E-state index contributed by atoms with van der Waals surface area (Å²) < 4.78 is 0. The van der Waals surface area contributed by atoms with Crippen LogP contribution < -0.4 is 9.80 Å². The van der Waals surface area contributed by atoms with Gasteiger partial charge in [-0.05, 0) is 180 Å². The van der Waals surface area contributed by atoms with Gasteiger partial charge < -0.3 is 9.80 Å². The number of para-hydroxylation sites is 1. The molecule has 0 aliphatic heterocycles. The molecule has 7 aliphatic carbocycles. The summed E-state index contributed by atoms with van der Waals surface area (Å²) in [7, 11) is 0. The van der Waals surface area contributed by atoms with Crippen LogP contribution in [0.4, 0.5) is 34.1 Å². The molecule has 0 amide bonds. The van der Waals surface area contributed by atoms with Crippen molar-refractivity contribution in [2.45, 2.75) is 127 Å². The van der Waals surface area contributed by atoms with Crippen LogP contribution in [0.1, 0.15) is 141 Å². The van der Waals surface area contributed by atoms with Gasteiger partial charge in [-0.15, -0.1) is 0 Å². The Morgan fingerprint density at radius 2 is 0.828 bits per heavy atom. The molecule has 14 rings (SSSR count). The van der Waals surface area contributed by atoms with Gasteiger partial charge in [-0.3, -0.25) is 0 Å². The van der Waals surface area contributed by atoms with Gasteiger partial charge in [-0.25, -0.2) is 0 Å². The first kappa shape index (κ1) is 40.9. The summed E-state index contributed by atoms with van der Waals surface area (Å²) in [6, 6.07) is 61.5. The molecule has 0 radical (unpaired) electrons. The van der Waals surface area contributed by atoms with Crippen LogP contribution in [-0.2, 0) is 31.1 Å². The highest BCUT2D eigenvalue weighted by atomic mass is 15.2. The molecule has 0 heterocycles. The fourth-order valence-corrected chi connectivity index (χ4v) is 12.0. The minimum atomic E-state index is -0.0762. The molecule has 2 nitrogen and oxygen atoms in total. The van der Waals surface area contributed by atoms with Crippen LogP contribution in [0.2, 0.25) is 0 Å². The van der Waals surface area contributed by atoms with Crippen molar-refractivity contribution in [3.8, 4) is 11.1 Å². The molecule has 0 atom stereocenters. The predicted molar refractivity (Wildman–Crippen MR) is 271 cm³/mol. The van der Waals surface area contributed by atoms with Gasteiger partial charge in [-0.1, -0.05) is 156 Å². The highest BCUT2D eigenvalue weighted by molar-refractivity contribution is 5.86. The number of hydrogen-bond acceptors (Lipinski definition) is 2. The molecule has 0 unspecified atom stereocenters. The van der Waals surface area contributed by atoms with Crippen molar-refractivity contribution in [3.63, 3.8) is 0 Å². The Bertz CT molecular complexity index is 2730. The zero-order chi connectivity index (χ0) is 43.0. The van der Waals surface area contributed by atoms with Crippen LogP contribution in [0.5, 0.6) is 0 Å². The SMILES string of the molecule is CC1(C)c2ccccc2-c2ccc(N(c3ccc(C4CCCCCC4)cc3)c3cc4ccc3CCc3ccc(c(N(c5ccccc5)c5ccc(C6CCCCC6)cc5)c3)CC4)cc21. The molecule has 322 valence electrons. The van der Waals surface area contributed by atoms with E-state index in [4.69, 9.17) is 0 Å². The average Bonchev–Trinajstić information content (AvgIpc) is 3.49. The lowest BCUT2D eigenvalue weighted by Crippen LogP contribution is -2.17. The molecule has 0 aromatic heterocycles. The maximum atomic E-state index is 2.60. The van der Waals surface area contributed by atoms with Gasteiger partial charge in [-0.2, -0.15) is 0 Å². The van der Waals surface area contributed by atoms with Crippen LogP contribution in [0.25, 0.3) is 11.1 Å². The smallest absolute Gasteiger partial charge is 0.0496 e. The molecule has 7 aliphatic rings. The molecule has 2 heteroatoms. The highest BCUT2D eigenvalue weighted by Gasteiger charge is 2.36. The second-order valence-corrected chi connectivity index (χ2v) is 20.0. The second-order valence-electron chi connectivity index (χ2n) is 20.0. The number of anilines is 6. The molecule has 4 bridgehead atoms. The normalized spacial score (nSPS) is 17.2. The van der Waals surface area contributed by atoms with Gasteiger partial charge in [0.25, 0.3) is 0 Å². The van der Waals surface area contributed by atoms with Gasteiger partial charge in [0.2, 0.25) is 0 Å². The number of rotatable bonds is 8. The maximum absolute atomic E-state index is 2.60. The molecule has 0 saturated heterocycles. The summed E-state index contributed by atoms with van der Waals surface area (Å²) in [6.45, 7) is 4.81. The summed E-state index contributed by atoms with van der Waals surface area (Å²) in [6.07, 6.45) is 18.7. The lowest BCUT2D eigenvalue weighted by Gasteiger charge is -2.31. The first-order valence-electron chi connectivity index (χ1n) is 24.8. The number of aryl methyl sites for hydroxylation is 4. The van der Waals surface area contributed by atoms with E-state index in [2.05, 4.69) is 181 Å². The molecule has 7 aromatic rings. The third kappa shape index (κ3) is 7.88. The number of fused-ring (bicyclic) bond motifs is 3. The summed E-state index contributed by atoms with van der Waals surface area (Å²) in [5.41, 5.74) is 21.6. The van der Waals surface area contributed by atoms with Crippen LogP contribution in [-0.4, -0.2) is 0 Å². The predicted octanol–water partition coefficient (Wildman–Crippen LogP) is 17.3. The first-order valence-corrected chi connectivity index (χ1v) is 24.8. The molecule has 0 spiro atoms. The lowest BCUT2D eigenvalue weighted by molar-refractivity contribution is 0.443. The Hall–Kier alpha value is -5.86. The molecular weight excluding hydrogens is 773 g/mol. The number of nitrogens with zero attached hydrogens (tertiary/aromatic N) is 2. The van der Waals surface area contributed by atoms with E-state index in [0.29, 0.717) is 11.8 Å². The van der Waals surface area contributed by atoms with Gasteiger partial charge in [0.1, 0.15) is 0 Å². The van der Waals surface area contributed by atoms with Crippen molar-refractivity contribution in [2.75, 3.05) is 9.80 Å². The summed E-state index contributed by atoms with van der Waals surface area (Å²) >= 11 is 0. The largest absolute Gasteiger partial charge is 0.310 e. The Morgan fingerprint density at radius 3 is 1.39 bits per heavy atom. The van der Waals surface area contributed by atoms with Crippen LogP contribution in [0.3, 0.4) is 0 Å². The van der Waals surface area contributed by atoms with Crippen LogP contribution in [0.15, 0.2) is 158 Å². The zero-order valence-corrected chi connectivity index (χ0v) is 38.2. The Balaban J connectivity index is 0.974. The van der Waals surface area contributed by atoms with Crippen LogP contribution >= 0.6 is 0 Å². The Morgan fingerprint density at radius 1 is 0.375 bits per heavy atom. The summed E-state index contributed by atoms with van der Waals surface area (Å²) in [5.74, 6) is 1.37. The first-order chi connectivity index (χ1) is 31.5.